The molecule has 0 bridgehead atoms. The van der Waals surface area contributed by atoms with E-state index in [4.69, 9.17) is 5.73 Å². The van der Waals surface area contributed by atoms with Crippen LogP contribution < -0.4 is 11.1 Å². The second-order valence-corrected chi connectivity index (χ2v) is 5.80. The summed E-state index contributed by atoms with van der Waals surface area (Å²) >= 11 is 0. The van der Waals surface area contributed by atoms with Crippen molar-refractivity contribution in [1.82, 2.24) is 5.32 Å². The highest BCUT2D eigenvalue weighted by atomic mass is 14.9. The lowest BCUT2D eigenvalue weighted by molar-refractivity contribution is 0.237. The Balaban J connectivity index is 3.46. The Bertz CT molecular complexity index is 153. The summed E-state index contributed by atoms with van der Waals surface area (Å²) in [6.45, 7) is 14.5. The molecule has 2 nitrogen and oxygen atoms in total. The van der Waals surface area contributed by atoms with E-state index in [-0.39, 0.29) is 0 Å². The standard InChI is InChI=1S/C13H30N2/c1-11(2)13(4,5)10-15-8-6-7-12(3)9-14/h11-12,15H,6-10,14H2,1-5H3. The summed E-state index contributed by atoms with van der Waals surface area (Å²) in [5.41, 5.74) is 5.98. The first-order chi connectivity index (χ1) is 6.90. The highest BCUT2D eigenvalue weighted by molar-refractivity contribution is 4.74. The van der Waals surface area contributed by atoms with E-state index >= 15 is 0 Å². The number of nitrogens with two attached hydrogens (primary N) is 1. The van der Waals surface area contributed by atoms with Crippen molar-refractivity contribution >= 4 is 0 Å². The van der Waals surface area contributed by atoms with Crippen LogP contribution in [0.25, 0.3) is 0 Å². The lowest BCUT2D eigenvalue weighted by Gasteiger charge is -2.29. The quantitative estimate of drug-likeness (QED) is 0.610. The molecule has 0 heterocycles. The molecule has 2 heteroatoms. The summed E-state index contributed by atoms with van der Waals surface area (Å²) in [4.78, 5) is 0. The second kappa shape index (κ2) is 7.24. The minimum Gasteiger partial charge on any atom is -0.330 e. The zero-order valence-corrected chi connectivity index (χ0v) is 11.3. The zero-order chi connectivity index (χ0) is 11.9. The molecular formula is C13H30N2. The van der Waals surface area contributed by atoms with Crippen molar-refractivity contribution in [2.24, 2.45) is 23.0 Å². The van der Waals surface area contributed by atoms with E-state index in [1.807, 2.05) is 0 Å². The Labute approximate surface area is 96.0 Å². The van der Waals surface area contributed by atoms with Crippen LogP contribution in [0, 0.1) is 17.3 Å². The molecule has 0 aliphatic rings. The zero-order valence-electron chi connectivity index (χ0n) is 11.3. The van der Waals surface area contributed by atoms with Gasteiger partial charge in [0.1, 0.15) is 0 Å². The van der Waals surface area contributed by atoms with Crippen molar-refractivity contribution in [3.63, 3.8) is 0 Å². The summed E-state index contributed by atoms with van der Waals surface area (Å²) in [7, 11) is 0. The molecule has 0 fully saturated rings. The largest absolute Gasteiger partial charge is 0.330 e. The van der Waals surface area contributed by atoms with Gasteiger partial charge in [-0.05, 0) is 43.2 Å². The molecule has 0 radical (unpaired) electrons. The summed E-state index contributed by atoms with van der Waals surface area (Å²) < 4.78 is 0. The molecule has 0 aromatic rings. The van der Waals surface area contributed by atoms with Gasteiger partial charge in [0.05, 0.1) is 0 Å². The Morgan fingerprint density at radius 3 is 2.27 bits per heavy atom. The van der Waals surface area contributed by atoms with Gasteiger partial charge in [-0.1, -0.05) is 34.6 Å². The molecule has 92 valence electrons. The van der Waals surface area contributed by atoms with Crippen LogP contribution in [0.1, 0.15) is 47.5 Å². The van der Waals surface area contributed by atoms with Gasteiger partial charge in [0.25, 0.3) is 0 Å². The highest BCUT2D eigenvalue weighted by Crippen LogP contribution is 2.24. The summed E-state index contributed by atoms with van der Waals surface area (Å²) in [5.74, 6) is 1.40. The first-order valence-corrected chi connectivity index (χ1v) is 6.31. The van der Waals surface area contributed by atoms with Crippen LogP contribution in [0.15, 0.2) is 0 Å². The average molecular weight is 214 g/mol. The number of hydrogen-bond acceptors (Lipinski definition) is 2. The average Bonchev–Trinajstić information content (AvgIpc) is 2.16. The van der Waals surface area contributed by atoms with Gasteiger partial charge >= 0.3 is 0 Å². The maximum Gasteiger partial charge on any atom is 0.000496 e. The fourth-order valence-electron chi connectivity index (χ4n) is 1.31. The summed E-state index contributed by atoms with van der Waals surface area (Å²) in [6.07, 6.45) is 2.48. The highest BCUT2D eigenvalue weighted by Gasteiger charge is 2.21. The molecular weight excluding hydrogens is 184 g/mol. The van der Waals surface area contributed by atoms with Crippen molar-refractivity contribution in [1.29, 1.82) is 0 Å². The van der Waals surface area contributed by atoms with Crippen LogP contribution in [0.3, 0.4) is 0 Å². The van der Waals surface area contributed by atoms with Crippen LogP contribution in [-0.4, -0.2) is 19.6 Å². The molecule has 0 aliphatic heterocycles. The van der Waals surface area contributed by atoms with Gasteiger partial charge in [-0.15, -0.1) is 0 Å². The normalized spacial score (nSPS) is 14.6. The van der Waals surface area contributed by atoms with E-state index in [2.05, 4.69) is 39.9 Å². The van der Waals surface area contributed by atoms with E-state index < -0.39 is 0 Å². The Morgan fingerprint density at radius 2 is 1.80 bits per heavy atom. The van der Waals surface area contributed by atoms with Crippen molar-refractivity contribution in [2.45, 2.75) is 47.5 Å². The fraction of sp³-hybridized carbons (Fsp3) is 1.00. The molecule has 0 spiro atoms. The number of hydrogen-bond donors (Lipinski definition) is 2. The van der Waals surface area contributed by atoms with Crippen molar-refractivity contribution < 1.29 is 0 Å². The van der Waals surface area contributed by atoms with Crippen molar-refractivity contribution in [3.05, 3.63) is 0 Å². The molecule has 0 aromatic carbocycles. The molecule has 3 N–H and O–H groups in total. The van der Waals surface area contributed by atoms with Crippen LogP contribution in [-0.2, 0) is 0 Å². The van der Waals surface area contributed by atoms with Gasteiger partial charge in [-0.2, -0.15) is 0 Å². The topological polar surface area (TPSA) is 38.0 Å². The molecule has 0 aliphatic carbocycles. The SMILES string of the molecule is CC(CN)CCCNCC(C)(C)C(C)C. The molecule has 0 saturated carbocycles. The molecule has 1 atom stereocenters. The van der Waals surface area contributed by atoms with Crippen LogP contribution in [0.4, 0.5) is 0 Å². The number of rotatable bonds is 8. The smallest absolute Gasteiger partial charge is 0.000496 e. The van der Waals surface area contributed by atoms with E-state index in [1.165, 1.54) is 12.8 Å². The minimum atomic E-state index is 0.402. The van der Waals surface area contributed by atoms with Crippen LogP contribution in [0.5, 0.6) is 0 Å². The van der Waals surface area contributed by atoms with E-state index in [0.29, 0.717) is 11.3 Å². The van der Waals surface area contributed by atoms with Gasteiger partial charge in [0.15, 0.2) is 0 Å². The predicted octanol–water partition coefficient (Wildman–Crippen LogP) is 2.63. The Hall–Kier alpha value is -0.0800. The molecule has 0 rings (SSSR count). The van der Waals surface area contributed by atoms with Crippen molar-refractivity contribution in [2.75, 3.05) is 19.6 Å². The predicted molar refractivity (Wildman–Crippen MR) is 68.9 cm³/mol. The molecule has 15 heavy (non-hydrogen) atoms. The summed E-state index contributed by atoms with van der Waals surface area (Å²) in [6, 6.07) is 0. The van der Waals surface area contributed by atoms with E-state index in [9.17, 15) is 0 Å². The van der Waals surface area contributed by atoms with Gasteiger partial charge in [0, 0.05) is 6.54 Å². The Morgan fingerprint density at radius 1 is 1.20 bits per heavy atom. The van der Waals surface area contributed by atoms with Gasteiger partial charge in [-0.3, -0.25) is 0 Å². The van der Waals surface area contributed by atoms with Crippen LogP contribution in [0.2, 0.25) is 0 Å². The second-order valence-electron chi connectivity index (χ2n) is 5.80. The third-order valence-corrected chi connectivity index (χ3v) is 3.60. The van der Waals surface area contributed by atoms with E-state index in [1.54, 1.807) is 0 Å². The third kappa shape index (κ3) is 6.91. The maximum absolute atomic E-state index is 5.58. The first kappa shape index (κ1) is 14.9. The number of nitrogens with one attached hydrogen (secondary N) is 1. The molecule has 0 saturated heterocycles. The summed E-state index contributed by atoms with van der Waals surface area (Å²) in [5, 5.41) is 3.55. The minimum absolute atomic E-state index is 0.402. The molecule has 1 unspecified atom stereocenters. The molecule has 0 amide bonds. The van der Waals surface area contributed by atoms with Gasteiger partial charge in [0.2, 0.25) is 0 Å². The lowest BCUT2D eigenvalue weighted by Crippen LogP contribution is -2.34. The Kier molecular flexibility index (Phi) is 7.20. The molecule has 0 aromatic heterocycles. The first-order valence-electron chi connectivity index (χ1n) is 6.31. The maximum atomic E-state index is 5.58. The van der Waals surface area contributed by atoms with Crippen molar-refractivity contribution in [3.8, 4) is 0 Å². The monoisotopic (exact) mass is 214 g/mol. The van der Waals surface area contributed by atoms with Gasteiger partial charge < -0.3 is 11.1 Å². The fourth-order valence-corrected chi connectivity index (χ4v) is 1.31. The van der Waals surface area contributed by atoms with E-state index in [0.717, 1.165) is 25.6 Å². The van der Waals surface area contributed by atoms with Gasteiger partial charge in [-0.25, -0.2) is 0 Å². The third-order valence-electron chi connectivity index (χ3n) is 3.60. The lowest BCUT2D eigenvalue weighted by atomic mass is 9.81. The van der Waals surface area contributed by atoms with Crippen LogP contribution >= 0.6 is 0 Å².